The van der Waals surface area contributed by atoms with Gasteiger partial charge in [0.2, 0.25) is 0 Å². The van der Waals surface area contributed by atoms with E-state index in [1.165, 1.54) is 5.57 Å². The van der Waals surface area contributed by atoms with Crippen molar-refractivity contribution < 1.29 is 23.7 Å². The number of aryl methyl sites for hydroxylation is 1. The number of nitrogens with zero attached hydrogens (tertiary/aromatic N) is 2. The third kappa shape index (κ3) is 5.81. The highest BCUT2D eigenvalue weighted by Gasteiger charge is 2.72. The van der Waals surface area contributed by atoms with Crippen LogP contribution in [0.25, 0.3) is 0 Å². The minimum Gasteiger partial charge on any atom is -0.460 e. The molecule has 0 aromatic carbocycles. The number of allylic oxidation sites excluding steroid dienone is 1. The molecule has 3 fully saturated rings. The maximum Gasteiger partial charge on any atom is 0.306 e. The highest BCUT2D eigenvalue weighted by atomic mass is 32.1. The van der Waals surface area contributed by atoms with E-state index >= 15 is 0 Å². The number of methoxy groups -OCH3 is 1. The van der Waals surface area contributed by atoms with E-state index in [4.69, 9.17) is 18.9 Å². The summed E-state index contributed by atoms with van der Waals surface area (Å²) in [5.41, 5.74) is 0.745. The Hall–Kier alpha value is -1.35. The first kappa shape index (κ1) is 26.7. The largest absolute Gasteiger partial charge is 0.460 e. The number of hydrogen-bond acceptors (Lipinski definition) is 8. The number of ether oxygens (including phenoxy) is 4. The lowest BCUT2D eigenvalue weighted by molar-refractivity contribution is -0.173. The fourth-order valence-corrected chi connectivity index (χ4v) is 6.66. The van der Waals surface area contributed by atoms with Gasteiger partial charge in [-0.3, -0.25) is 4.79 Å². The SMILES string of the molecule is CCc1nnc(C[C@H](CC(=O)O[C@@H]2CC[C@]3(CO3)[C@@H]([C@@]3(C)O[C@@H]3CC=C(C)C)[C@@H]2OC)C(C)C)s1. The van der Waals surface area contributed by atoms with Crippen molar-refractivity contribution in [3.05, 3.63) is 21.7 Å². The number of hydrogen-bond donors (Lipinski definition) is 0. The van der Waals surface area contributed by atoms with Crippen molar-refractivity contribution in [3.63, 3.8) is 0 Å². The van der Waals surface area contributed by atoms with Crippen LogP contribution in [0.5, 0.6) is 0 Å². The molecule has 8 heteroatoms. The molecule has 196 valence electrons. The van der Waals surface area contributed by atoms with Crippen LogP contribution in [-0.2, 0) is 36.6 Å². The molecule has 35 heavy (non-hydrogen) atoms. The zero-order valence-electron chi connectivity index (χ0n) is 22.3. The van der Waals surface area contributed by atoms with Crippen LogP contribution in [0.1, 0.15) is 77.2 Å². The molecule has 4 rings (SSSR count). The van der Waals surface area contributed by atoms with Gasteiger partial charge in [0.1, 0.15) is 33.4 Å². The van der Waals surface area contributed by atoms with Gasteiger partial charge in [-0.15, -0.1) is 21.5 Å². The predicted octanol–water partition coefficient (Wildman–Crippen LogP) is 4.92. The van der Waals surface area contributed by atoms with E-state index < -0.39 is 0 Å². The monoisotopic (exact) mass is 506 g/mol. The highest BCUT2D eigenvalue weighted by Crippen LogP contribution is 2.59. The summed E-state index contributed by atoms with van der Waals surface area (Å²) < 4.78 is 24.4. The van der Waals surface area contributed by atoms with E-state index in [9.17, 15) is 4.79 Å². The van der Waals surface area contributed by atoms with E-state index in [2.05, 4.69) is 57.8 Å². The highest BCUT2D eigenvalue weighted by molar-refractivity contribution is 7.11. The topological polar surface area (TPSA) is 86.4 Å². The Balaban J connectivity index is 1.41. The first-order valence-electron chi connectivity index (χ1n) is 13.1. The summed E-state index contributed by atoms with van der Waals surface area (Å²) in [5, 5.41) is 10.6. The number of aromatic nitrogens is 2. The average Bonchev–Trinajstić information content (AvgIpc) is 3.67. The molecule has 3 aliphatic rings. The van der Waals surface area contributed by atoms with Crippen molar-refractivity contribution >= 4 is 17.3 Å². The van der Waals surface area contributed by atoms with E-state index in [0.29, 0.717) is 12.3 Å². The molecular weight excluding hydrogens is 464 g/mol. The molecule has 3 heterocycles. The smallest absolute Gasteiger partial charge is 0.306 e. The number of carbonyl (C=O) groups is 1. The molecular formula is C27H42N2O5S. The Bertz CT molecular complexity index is 922. The normalized spacial score (nSPS) is 34.6. The van der Waals surface area contributed by atoms with Crippen molar-refractivity contribution in [1.82, 2.24) is 10.2 Å². The van der Waals surface area contributed by atoms with Crippen LogP contribution in [-0.4, -0.2) is 59.4 Å². The van der Waals surface area contributed by atoms with Crippen molar-refractivity contribution in [3.8, 4) is 0 Å². The van der Waals surface area contributed by atoms with Gasteiger partial charge in [0, 0.05) is 20.0 Å². The van der Waals surface area contributed by atoms with Crippen LogP contribution < -0.4 is 0 Å². The second-order valence-corrected chi connectivity index (χ2v) is 12.4. The molecule has 0 bridgehead atoms. The fourth-order valence-electron chi connectivity index (χ4n) is 5.78. The molecule has 1 aromatic heterocycles. The van der Waals surface area contributed by atoms with Crippen LogP contribution in [0.4, 0.5) is 0 Å². The van der Waals surface area contributed by atoms with Crippen LogP contribution in [0.3, 0.4) is 0 Å². The van der Waals surface area contributed by atoms with Gasteiger partial charge in [0.05, 0.1) is 18.6 Å². The van der Waals surface area contributed by atoms with Gasteiger partial charge in [-0.05, 0) is 58.3 Å². The van der Waals surface area contributed by atoms with Gasteiger partial charge >= 0.3 is 5.97 Å². The summed E-state index contributed by atoms with van der Waals surface area (Å²) in [6, 6.07) is 0. The van der Waals surface area contributed by atoms with Gasteiger partial charge in [-0.1, -0.05) is 32.4 Å². The van der Waals surface area contributed by atoms with Crippen LogP contribution in [0, 0.1) is 17.8 Å². The van der Waals surface area contributed by atoms with Crippen molar-refractivity contribution in [1.29, 1.82) is 0 Å². The molecule has 2 aliphatic heterocycles. The quantitative estimate of drug-likeness (QED) is 0.239. The van der Waals surface area contributed by atoms with E-state index in [1.54, 1.807) is 18.4 Å². The van der Waals surface area contributed by atoms with E-state index in [-0.39, 0.29) is 47.3 Å². The number of esters is 1. The Labute approximate surface area is 214 Å². The second-order valence-electron chi connectivity index (χ2n) is 11.3. The Morgan fingerprint density at radius 2 is 2.00 bits per heavy atom. The summed E-state index contributed by atoms with van der Waals surface area (Å²) in [7, 11) is 1.72. The van der Waals surface area contributed by atoms with Gasteiger partial charge in [0.15, 0.2) is 0 Å². The summed E-state index contributed by atoms with van der Waals surface area (Å²) >= 11 is 1.64. The Morgan fingerprint density at radius 1 is 1.29 bits per heavy atom. The van der Waals surface area contributed by atoms with Crippen LogP contribution in [0.15, 0.2) is 11.6 Å². The zero-order chi connectivity index (χ0) is 25.4. The summed E-state index contributed by atoms with van der Waals surface area (Å²) in [6.07, 6.45) is 6.33. The summed E-state index contributed by atoms with van der Waals surface area (Å²) in [4.78, 5) is 13.1. The van der Waals surface area contributed by atoms with Crippen molar-refractivity contribution in [2.24, 2.45) is 17.8 Å². The lowest BCUT2D eigenvalue weighted by Crippen LogP contribution is -2.55. The number of carbonyl (C=O) groups excluding carboxylic acids is 1. The molecule has 1 spiro atoms. The minimum absolute atomic E-state index is 0.0388. The first-order chi connectivity index (χ1) is 16.6. The number of rotatable bonds is 11. The zero-order valence-corrected chi connectivity index (χ0v) is 23.2. The molecule has 0 N–H and O–H groups in total. The Morgan fingerprint density at radius 3 is 2.57 bits per heavy atom. The predicted molar refractivity (Wildman–Crippen MR) is 135 cm³/mol. The molecule has 0 amide bonds. The summed E-state index contributed by atoms with van der Waals surface area (Å²) in [6.45, 7) is 13.5. The molecule has 1 aromatic rings. The second kappa shape index (κ2) is 10.6. The van der Waals surface area contributed by atoms with Gasteiger partial charge < -0.3 is 18.9 Å². The third-order valence-electron chi connectivity index (χ3n) is 8.14. The molecule has 7 atom stereocenters. The maximum atomic E-state index is 13.1. The fraction of sp³-hybridized carbons (Fsp3) is 0.815. The number of epoxide rings is 2. The minimum atomic E-state index is -0.330. The molecule has 0 unspecified atom stereocenters. The summed E-state index contributed by atoms with van der Waals surface area (Å²) in [5.74, 6) is 0.380. The van der Waals surface area contributed by atoms with Gasteiger partial charge in [0.25, 0.3) is 0 Å². The molecule has 1 saturated carbocycles. The van der Waals surface area contributed by atoms with Crippen molar-refractivity contribution in [2.75, 3.05) is 13.7 Å². The van der Waals surface area contributed by atoms with Gasteiger partial charge in [-0.25, -0.2) is 0 Å². The molecule has 1 aliphatic carbocycles. The van der Waals surface area contributed by atoms with Crippen LogP contribution in [0.2, 0.25) is 0 Å². The van der Waals surface area contributed by atoms with Crippen LogP contribution >= 0.6 is 11.3 Å². The first-order valence-corrected chi connectivity index (χ1v) is 13.9. The molecule has 7 nitrogen and oxygen atoms in total. The lowest BCUT2D eigenvalue weighted by Gasteiger charge is -2.42. The molecule has 0 radical (unpaired) electrons. The maximum absolute atomic E-state index is 13.1. The lowest BCUT2D eigenvalue weighted by atomic mass is 9.68. The van der Waals surface area contributed by atoms with Crippen molar-refractivity contribution in [2.45, 2.75) is 110 Å². The third-order valence-corrected chi connectivity index (χ3v) is 9.23. The standard InChI is InChI=1S/C27H42N2O5S/c1-8-21-28-29-22(35-21)13-18(17(4)5)14-23(30)33-19-11-12-27(15-32-27)25(24(19)31-7)26(6)20(34-26)10-9-16(2)3/h9,17-20,24-25H,8,10-15H2,1-7H3/t18-,19-,20-,24-,25-,26+,27+/m1/s1. The molecule has 2 saturated heterocycles. The Kier molecular flexibility index (Phi) is 8.06. The van der Waals surface area contributed by atoms with E-state index in [1.807, 2.05) is 0 Å². The van der Waals surface area contributed by atoms with Gasteiger partial charge in [-0.2, -0.15) is 0 Å². The van der Waals surface area contributed by atoms with E-state index in [0.717, 1.165) is 48.7 Å². The average molecular weight is 507 g/mol.